The van der Waals surface area contributed by atoms with E-state index in [2.05, 4.69) is 44.0 Å². The summed E-state index contributed by atoms with van der Waals surface area (Å²) in [5.74, 6) is 0.113. The minimum Gasteiger partial charge on any atom is -0.455 e. The fourth-order valence-electron chi connectivity index (χ4n) is 3.60. The quantitative estimate of drug-likeness (QED) is 0.228. The van der Waals surface area contributed by atoms with E-state index in [1.807, 2.05) is 13.8 Å². The summed E-state index contributed by atoms with van der Waals surface area (Å²) < 4.78 is 31.8. The van der Waals surface area contributed by atoms with Gasteiger partial charge in [-0.25, -0.2) is 0 Å². The highest BCUT2D eigenvalue weighted by Gasteiger charge is 2.42. The van der Waals surface area contributed by atoms with Crippen molar-refractivity contribution < 1.29 is 17.8 Å². The first-order chi connectivity index (χ1) is 13.9. The maximum absolute atomic E-state index is 12.5. The van der Waals surface area contributed by atoms with Gasteiger partial charge in [0.2, 0.25) is 5.91 Å². The molecule has 0 aliphatic carbocycles. The molecule has 176 valence electrons. The molecule has 0 fully saturated rings. The van der Waals surface area contributed by atoms with Gasteiger partial charge in [-0.05, 0) is 77.7 Å². The highest BCUT2D eigenvalue weighted by Crippen LogP contribution is 2.29. The summed E-state index contributed by atoms with van der Waals surface area (Å²) in [7, 11) is -3.44. The topological polar surface area (TPSA) is 75.7 Å². The van der Waals surface area contributed by atoms with Crippen LogP contribution >= 0.6 is 0 Å². The summed E-state index contributed by atoms with van der Waals surface area (Å²) >= 11 is 0. The first-order valence-corrected chi connectivity index (χ1v) is 21.2. The molecule has 6 nitrogen and oxygen atoms in total. The Bertz CT molecular complexity index is 521. The number of hydrogen-bond donors (Lipinski definition) is 1. The van der Waals surface area contributed by atoms with Gasteiger partial charge in [0.1, 0.15) is 0 Å². The monoisotopic (exact) mass is 490 g/mol. The van der Waals surface area contributed by atoms with E-state index < -0.39 is 34.0 Å². The van der Waals surface area contributed by atoms with Crippen molar-refractivity contribution in [2.24, 2.45) is 0 Å². The second kappa shape index (κ2) is 15.6. The molecule has 0 heterocycles. The van der Waals surface area contributed by atoms with E-state index in [0.717, 1.165) is 38.3 Å². The number of hydrogen-bond acceptors (Lipinski definition) is 5. The molecule has 0 aromatic rings. The van der Waals surface area contributed by atoms with E-state index in [-0.39, 0.29) is 5.91 Å². The van der Waals surface area contributed by atoms with Crippen molar-refractivity contribution in [3.63, 3.8) is 0 Å². The number of amides is 1. The van der Waals surface area contributed by atoms with E-state index in [1.165, 1.54) is 0 Å². The van der Waals surface area contributed by atoms with Crippen LogP contribution < -0.4 is 5.32 Å². The van der Waals surface area contributed by atoms with Crippen LogP contribution in [-0.4, -0.2) is 72.0 Å². The molecule has 0 unspecified atom stereocenters. The normalized spacial score (nSPS) is 12.3. The Kier molecular flexibility index (Phi) is 15.6. The standard InChI is InChI=1S/C20H46N2O4Si4/c1-8-27(24)18-30(19-28(25)9-2,26-29(5,6)7)17-13-15-21-20(23)14-11-10-12-16-22(3)4/h8-19H2,1-7H3,(H,21,23). The molecule has 0 radical (unpaired) electrons. The molecule has 0 aromatic carbocycles. The molecule has 0 saturated carbocycles. The highest BCUT2D eigenvalue weighted by atomic mass is 28.5. The molecule has 0 atom stereocenters. The fourth-order valence-corrected chi connectivity index (χ4v) is 22.7. The van der Waals surface area contributed by atoms with Crippen LogP contribution in [0.3, 0.4) is 0 Å². The smallest absolute Gasteiger partial charge is 0.275 e. The van der Waals surface area contributed by atoms with Crippen molar-refractivity contribution in [1.82, 2.24) is 10.2 Å². The molecule has 0 saturated heterocycles. The third-order valence-electron chi connectivity index (χ3n) is 4.99. The van der Waals surface area contributed by atoms with Crippen LogP contribution in [0.25, 0.3) is 0 Å². The van der Waals surface area contributed by atoms with Gasteiger partial charge in [0.05, 0.1) is 0 Å². The van der Waals surface area contributed by atoms with Crippen molar-refractivity contribution in [2.75, 3.05) is 27.2 Å². The third-order valence-corrected chi connectivity index (χ3v) is 20.3. The summed E-state index contributed by atoms with van der Waals surface area (Å²) in [6.45, 7) is 12.1. The van der Waals surface area contributed by atoms with Gasteiger partial charge in [0.25, 0.3) is 17.4 Å². The molecule has 0 rings (SSSR count). The number of unbranched alkanes of at least 4 members (excludes halogenated alkanes) is 2. The molecular weight excluding hydrogens is 445 g/mol. The minimum absolute atomic E-state index is 0.113. The van der Waals surface area contributed by atoms with Crippen LogP contribution in [0.15, 0.2) is 0 Å². The number of nitrogens with zero attached hydrogens (tertiary/aromatic N) is 1. The van der Waals surface area contributed by atoms with Crippen molar-refractivity contribution in [2.45, 2.75) is 95.1 Å². The number of nitrogens with one attached hydrogen (secondary N) is 1. The lowest BCUT2D eigenvalue weighted by atomic mass is 10.2. The lowest BCUT2D eigenvalue weighted by Gasteiger charge is -2.37. The van der Waals surface area contributed by atoms with E-state index in [1.54, 1.807) is 0 Å². The molecule has 0 aromatic heterocycles. The Morgan fingerprint density at radius 2 is 1.50 bits per heavy atom. The van der Waals surface area contributed by atoms with Gasteiger partial charge >= 0.3 is 0 Å². The van der Waals surface area contributed by atoms with Crippen LogP contribution in [0, 0.1) is 0 Å². The second-order valence-corrected chi connectivity index (χ2v) is 23.9. The lowest BCUT2D eigenvalue weighted by Crippen LogP contribution is -2.50. The lowest BCUT2D eigenvalue weighted by molar-refractivity contribution is -0.121. The van der Waals surface area contributed by atoms with Crippen LogP contribution in [0.5, 0.6) is 0 Å². The van der Waals surface area contributed by atoms with Crippen LogP contribution in [-0.2, 0) is 17.8 Å². The van der Waals surface area contributed by atoms with Gasteiger partial charge in [-0.3, -0.25) is 4.79 Å². The average molecular weight is 491 g/mol. The maximum atomic E-state index is 12.5. The van der Waals surface area contributed by atoms with Crippen molar-refractivity contribution in [1.29, 1.82) is 0 Å². The van der Waals surface area contributed by atoms with Gasteiger partial charge in [0.15, 0.2) is 16.6 Å². The summed E-state index contributed by atoms with van der Waals surface area (Å²) in [6.07, 6.45) is 4.52. The Morgan fingerprint density at radius 3 is 1.97 bits per heavy atom. The number of carbonyl (C=O) groups excluding carboxylic acids is 1. The van der Waals surface area contributed by atoms with Gasteiger partial charge in [-0.1, -0.05) is 20.3 Å². The van der Waals surface area contributed by atoms with E-state index in [4.69, 9.17) is 4.12 Å². The first kappa shape index (κ1) is 29.9. The van der Waals surface area contributed by atoms with Crippen LogP contribution in [0.1, 0.15) is 46.0 Å². The maximum Gasteiger partial charge on any atom is 0.275 e. The predicted octanol–water partition coefficient (Wildman–Crippen LogP) is 4.37. The minimum atomic E-state index is -2.35. The molecule has 30 heavy (non-hydrogen) atoms. The molecule has 0 aliphatic heterocycles. The van der Waals surface area contributed by atoms with Gasteiger partial charge in [-0.15, -0.1) is 0 Å². The average Bonchev–Trinajstić information content (AvgIpc) is 2.63. The molecule has 1 amide bonds. The largest absolute Gasteiger partial charge is 0.455 e. The summed E-state index contributed by atoms with van der Waals surface area (Å²) in [5, 5.41) is 3.04. The Labute approximate surface area is 190 Å². The molecular formula is C20H46N2O4Si4. The molecule has 0 spiro atoms. The van der Waals surface area contributed by atoms with Crippen LogP contribution in [0.2, 0.25) is 49.1 Å². The van der Waals surface area contributed by atoms with Crippen molar-refractivity contribution in [3.8, 4) is 0 Å². The number of carbonyl (C=O) groups is 1. The predicted molar refractivity (Wildman–Crippen MR) is 133 cm³/mol. The summed E-state index contributed by atoms with van der Waals surface area (Å²) in [5.41, 5.74) is 1.29. The fraction of sp³-hybridized carbons (Fsp3) is 0.950. The Balaban J connectivity index is 4.73. The SMILES string of the molecule is CC[Si](=O)C[Si](CCCNC(=O)CCCCCN(C)C)(C[Si](=O)CC)O[Si](C)(C)C. The van der Waals surface area contributed by atoms with E-state index >= 15 is 0 Å². The van der Waals surface area contributed by atoms with Crippen molar-refractivity contribution >= 4 is 39.9 Å². The van der Waals surface area contributed by atoms with E-state index in [0.29, 0.717) is 36.4 Å². The zero-order valence-electron chi connectivity index (χ0n) is 20.6. The molecule has 10 heteroatoms. The second-order valence-electron chi connectivity index (χ2n) is 9.60. The highest BCUT2D eigenvalue weighted by molar-refractivity contribution is 6.94. The van der Waals surface area contributed by atoms with E-state index in [9.17, 15) is 13.7 Å². The Hall–Kier alpha value is -0.142. The zero-order valence-corrected chi connectivity index (χ0v) is 24.6. The van der Waals surface area contributed by atoms with Gasteiger partial charge < -0.3 is 23.3 Å². The van der Waals surface area contributed by atoms with Gasteiger partial charge in [0, 0.05) is 24.3 Å². The third kappa shape index (κ3) is 15.6. The van der Waals surface area contributed by atoms with Crippen LogP contribution in [0.4, 0.5) is 0 Å². The summed E-state index contributed by atoms with van der Waals surface area (Å²) in [6, 6.07) is 2.21. The number of rotatable bonds is 18. The zero-order chi connectivity index (χ0) is 23.2. The molecule has 0 aliphatic rings. The molecule has 0 bridgehead atoms. The molecule has 1 N–H and O–H groups in total. The van der Waals surface area contributed by atoms with Gasteiger partial charge in [-0.2, -0.15) is 0 Å². The summed E-state index contributed by atoms with van der Waals surface area (Å²) in [4.78, 5) is 14.3. The first-order valence-electron chi connectivity index (χ1n) is 11.6. The van der Waals surface area contributed by atoms with Crippen molar-refractivity contribution in [3.05, 3.63) is 0 Å². The Morgan fingerprint density at radius 1 is 0.933 bits per heavy atom.